The van der Waals surface area contributed by atoms with Crippen molar-refractivity contribution in [2.75, 3.05) is 0 Å². The van der Waals surface area contributed by atoms with Crippen LogP contribution in [-0.4, -0.2) is 23.0 Å². The number of carbonyl (C=O) groups is 1. The van der Waals surface area contributed by atoms with Crippen LogP contribution in [-0.2, 0) is 0 Å². The summed E-state index contributed by atoms with van der Waals surface area (Å²) in [5, 5.41) is 1.20. The van der Waals surface area contributed by atoms with Crippen molar-refractivity contribution in [3.8, 4) is 11.1 Å². The van der Waals surface area contributed by atoms with Crippen molar-refractivity contribution in [1.82, 2.24) is 5.01 Å². The molecule has 1 amide bonds. The van der Waals surface area contributed by atoms with Crippen LogP contribution in [0.5, 0.6) is 0 Å². The van der Waals surface area contributed by atoms with Crippen molar-refractivity contribution < 1.29 is 9.18 Å². The predicted octanol–water partition coefficient (Wildman–Crippen LogP) is 1.91. The highest BCUT2D eigenvalue weighted by Crippen LogP contribution is 2.28. The fourth-order valence-electron chi connectivity index (χ4n) is 2.36. The number of hydrogen-bond donors (Lipinski definition) is 2. The molecule has 21 heavy (non-hydrogen) atoms. The molecule has 3 rings (SSSR count). The van der Waals surface area contributed by atoms with Crippen molar-refractivity contribution in [1.29, 1.82) is 0 Å². The summed E-state index contributed by atoms with van der Waals surface area (Å²) in [6, 6.07) is 13.0. The van der Waals surface area contributed by atoms with Crippen LogP contribution in [0.3, 0.4) is 0 Å². The number of halogens is 1. The van der Waals surface area contributed by atoms with Gasteiger partial charge in [-0.3, -0.25) is 9.80 Å². The van der Waals surface area contributed by atoms with Gasteiger partial charge in [-0.25, -0.2) is 10.2 Å². The second-order valence-corrected chi connectivity index (χ2v) is 5.23. The number of carbonyl (C=O) groups excluding carboxylic acids is 1. The zero-order valence-electron chi connectivity index (χ0n) is 11.4. The Bertz CT molecular complexity index is 671. The third kappa shape index (κ3) is 2.66. The summed E-state index contributed by atoms with van der Waals surface area (Å²) >= 11 is 0. The van der Waals surface area contributed by atoms with E-state index in [2.05, 4.69) is 0 Å². The molecular formula is C16H16FN3O. The van der Waals surface area contributed by atoms with Crippen LogP contribution in [0.15, 0.2) is 48.5 Å². The number of benzene rings is 2. The van der Waals surface area contributed by atoms with Gasteiger partial charge in [-0.1, -0.05) is 30.3 Å². The van der Waals surface area contributed by atoms with E-state index < -0.39 is 0 Å². The Morgan fingerprint density at radius 2 is 1.76 bits per heavy atom. The van der Waals surface area contributed by atoms with E-state index in [1.54, 1.807) is 24.3 Å². The Balaban J connectivity index is 1.96. The molecule has 4 N–H and O–H groups in total. The maximum Gasteiger partial charge on any atom is 0.268 e. The highest BCUT2D eigenvalue weighted by Gasteiger charge is 2.40. The van der Waals surface area contributed by atoms with Crippen LogP contribution in [0.1, 0.15) is 16.8 Å². The molecule has 5 heteroatoms. The Hall–Kier alpha value is -2.24. The molecule has 108 valence electrons. The normalized spacial score (nSPS) is 20.1. The van der Waals surface area contributed by atoms with Crippen LogP contribution in [0.4, 0.5) is 4.39 Å². The number of hydrogen-bond acceptors (Lipinski definition) is 3. The van der Waals surface area contributed by atoms with Crippen molar-refractivity contribution in [2.24, 2.45) is 11.6 Å². The second kappa shape index (κ2) is 5.27. The van der Waals surface area contributed by atoms with Crippen LogP contribution in [0.25, 0.3) is 11.1 Å². The zero-order chi connectivity index (χ0) is 15.0. The highest BCUT2D eigenvalue weighted by molar-refractivity contribution is 6.00. The van der Waals surface area contributed by atoms with E-state index in [0.717, 1.165) is 17.5 Å². The van der Waals surface area contributed by atoms with Gasteiger partial charge in [0.05, 0.1) is 6.04 Å². The lowest BCUT2D eigenvalue weighted by Crippen LogP contribution is -2.41. The summed E-state index contributed by atoms with van der Waals surface area (Å²) in [4.78, 5) is 12.5. The molecule has 0 aliphatic heterocycles. The zero-order valence-corrected chi connectivity index (χ0v) is 11.4. The molecule has 2 aromatic rings. The lowest BCUT2D eigenvalue weighted by molar-refractivity contribution is 0.0740. The number of rotatable bonds is 3. The maximum atomic E-state index is 13.0. The molecule has 0 aromatic heterocycles. The fourth-order valence-corrected chi connectivity index (χ4v) is 2.36. The number of nitrogens with two attached hydrogens (primary N) is 2. The largest absolute Gasteiger partial charge is 0.326 e. The second-order valence-electron chi connectivity index (χ2n) is 5.23. The van der Waals surface area contributed by atoms with Crippen LogP contribution >= 0.6 is 0 Å². The van der Waals surface area contributed by atoms with Gasteiger partial charge in [-0.05, 0) is 35.7 Å². The van der Waals surface area contributed by atoms with Crippen molar-refractivity contribution in [3.05, 3.63) is 59.9 Å². The predicted molar refractivity (Wildman–Crippen MR) is 78.6 cm³/mol. The summed E-state index contributed by atoms with van der Waals surface area (Å²) in [6.07, 6.45) is 0.723. The first-order valence-corrected chi connectivity index (χ1v) is 6.76. The van der Waals surface area contributed by atoms with E-state index in [0.29, 0.717) is 5.56 Å². The van der Waals surface area contributed by atoms with E-state index in [9.17, 15) is 9.18 Å². The molecule has 1 aliphatic carbocycles. The van der Waals surface area contributed by atoms with Crippen LogP contribution < -0.4 is 11.6 Å². The van der Waals surface area contributed by atoms with Gasteiger partial charge < -0.3 is 5.73 Å². The first kappa shape index (κ1) is 13.7. The van der Waals surface area contributed by atoms with Gasteiger partial charge in [0.1, 0.15) is 5.82 Å². The minimum atomic E-state index is -0.313. The fraction of sp³-hybridized carbons (Fsp3) is 0.188. The Morgan fingerprint density at radius 3 is 2.38 bits per heavy atom. The standard InChI is InChI=1S/C16H16FN3O/c17-11-7-5-10(6-8-11)12-3-1-2-4-13(12)16(21)20(19)15-9-14(15)18/h1-8,14-15H,9,18-19H2. The van der Waals surface area contributed by atoms with E-state index in [1.807, 2.05) is 12.1 Å². The Labute approximate surface area is 122 Å². The van der Waals surface area contributed by atoms with Gasteiger partial charge in [0.25, 0.3) is 5.91 Å². The first-order valence-electron chi connectivity index (χ1n) is 6.76. The molecule has 0 saturated heterocycles. The molecule has 0 radical (unpaired) electrons. The molecule has 0 heterocycles. The average molecular weight is 285 g/mol. The van der Waals surface area contributed by atoms with Gasteiger partial charge in [-0.15, -0.1) is 0 Å². The third-order valence-corrected chi connectivity index (χ3v) is 3.71. The van der Waals surface area contributed by atoms with Gasteiger partial charge in [0, 0.05) is 11.6 Å². The average Bonchev–Trinajstić information content (AvgIpc) is 3.23. The molecule has 1 fully saturated rings. The molecule has 0 spiro atoms. The Kier molecular flexibility index (Phi) is 3.45. The van der Waals surface area contributed by atoms with Gasteiger partial charge >= 0.3 is 0 Å². The third-order valence-electron chi connectivity index (χ3n) is 3.71. The topological polar surface area (TPSA) is 72.3 Å². The lowest BCUT2D eigenvalue weighted by atomic mass is 9.99. The van der Waals surface area contributed by atoms with Crippen LogP contribution in [0.2, 0.25) is 0 Å². The number of amides is 1. The van der Waals surface area contributed by atoms with Crippen molar-refractivity contribution >= 4 is 5.91 Å². The molecule has 0 bridgehead atoms. The summed E-state index contributed by atoms with van der Waals surface area (Å²) in [5.41, 5.74) is 7.73. The molecular weight excluding hydrogens is 269 g/mol. The van der Waals surface area contributed by atoms with E-state index in [-0.39, 0.29) is 23.8 Å². The van der Waals surface area contributed by atoms with E-state index in [1.165, 1.54) is 17.1 Å². The minimum absolute atomic E-state index is 0.0445. The molecule has 1 saturated carbocycles. The lowest BCUT2D eigenvalue weighted by Gasteiger charge is -2.18. The van der Waals surface area contributed by atoms with Gasteiger partial charge in [-0.2, -0.15) is 0 Å². The van der Waals surface area contributed by atoms with E-state index >= 15 is 0 Å². The molecule has 1 aliphatic rings. The quantitative estimate of drug-likeness (QED) is 0.514. The van der Waals surface area contributed by atoms with Crippen molar-refractivity contribution in [3.63, 3.8) is 0 Å². The van der Waals surface area contributed by atoms with Crippen molar-refractivity contribution in [2.45, 2.75) is 18.5 Å². The summed E-state index contributed by atoms with van der Waals surface area (Å²) in [6.45, 7) is 0. The number of hydrazine groups is 1. The minimum Gasteiger partial charge on any atom is -0.326 e. The molecule has 2 atom stereocenters. The van der Waals surface area contributed by atoms with Gasteiger partial charge in [0.15, 0.2) is 0 Å². The molecule has 4 nitrogen and oxygen atoms in total. The molecule has 2 unspecified atom stereocenters. The highest BCUT2D eigenvalue weighted by atomic mass is 19.1. The Morgan fingerprint density at radius 1 is 1.14 bits per heavy atom. The first-order chi connectivity index (χ1) is 10.1. The van der Waals surface area contributed by atoms with E-state index in [4.69, 9.17) is 11.6 Å². The maximum absolute atomic E-state index is 13.0. The number of nitrogens with zero attached hydrogens (tertiary/aromatic N) is 1. The summed E-state index contributed by atoms with van der Waals surface area (Å²) in [7, 11) is 0. The summed E-state index contributed by atoms with van der Waals surface area (Å²) in [5.74, 6) is 5.28. The van der Waals surface area contributed by atoms with Crippen LogP contribution in [0, 0.1) is 5.82 Å². The monoisotopic (exact) mass is 285 g/mol. The smallest absolute Gasteiger partial charge is 0.268 e. The SMILES string of the molecule is NC1CC1N(N)C(=O)c1ccccc1-c1ccc(F)cc1. The summed E-state index contributed by atoms with van der Waals surface area (Å²) < 4.78 is 13.0. The molecule has 2 aromatic carbocycles. The van der Waals surface area contributed by atoms with Gasteiger partial charge in [0.2, 0.25) is 0 Å².